The fourth-order valence-electron chi connectivity index (χ4n) is 2.50. The molecule has 140 valence electrons. The molecular weight excluding hydrogens is 372 g/mol. The van der Waals surface area contributed by atoms with Gasteiger partial charge in [0.1, 0.15) is 11.4 Å². The molecular formula is C19H17ClN2O5. The Hall–Kier alpha value is -2.90. The van der Waals surface area contributed by atoms with E-state index in [1.165, 1.54) is 20.2 Å². The molecule has 0 saturated carbocycles. The third-order valence-electron chi connectivity index (χ3n) is 3.80. The van der Waals surface area contributed by atoms with Crippen LogP contribution >= 0.6 is 11.6 Å². The lowest BCUT2D eigenvalue weighted by Crippen LogP contribution is -2.30. The van der Waals surface area contributed by atoms with Crippen molar-refractivity contribution in [3.05, 3.63) is 58.9 Å². The summed E-state index contributed by atoms with van der Waals surface area (Å²) in [6, 6.07) is 10.3. The number of methoxy groups -OCH3 is 1. The summed E-state index contributed by atoms with van der Waals surface area (Å²) in [4.78, 5) is 28.7. The van der Waals surface area contributed by atoms with Crippen molar-refractivity contribution < 1.29 is 23.5 Å². The fraction of sp³-hybridized carbons (Fsp3) is 0.211. The molecule has 0 unspecified atom stereocenters. The Bertz CT molecular complexity index is 968. The van der Waals surface area contributed by atoms with Gasteiger partial charge < -0.3 is 19.2 Å². The molecule has 0 radical (unpaired) electrons. The fourth-order valence-corrected chi connectivity index (χ4v) is 2.61. The maximum atomic E-state index is 12.5. The topological polar surface area (TPSA) is 90.7 Å². The Morgan fingerprint density at radius 3 is 2.74 bits per heavy atom. The van der Waals surface area contributed by atoms with Gasteiger partial charge in [-0.15, -0.1) is 0 Å². The predicted molar refractivity (Wildman–Crippen MR) is 99.7 cm³/mol. The number of para-hydroxylation sites is 1. The number of hydrogen-bond donors (Lipinski definition) is 1. The monoisotopic (exact) mass is 388 g/mol. The summed E-state index contributed by atoms with van der Waals surface area (Å²) >= 11 is 5.76. The van der Waals surface area contributed by atoms with Crippen LogP contribution in [0.25, 0.3) is 11.0 Å². The zero-order chi connectivity index (χ0) is 19.4. The molecule has 2 aromatic heterocycles. The van der Waals surface area contributed by atoms with Crippen molar-refractivity contribution in [3.8, 4) is 0 Å². The van der Waals surface area contributed by atoms with Crippen molar-refractivity contribution in [2.75, 3.05) is 12.4 Å². The van der Waals surface area contributed by atoms with Gasteiger partial charge in [-0.2, -0.15) is 0 Å². The van der Waals surface area contributed by atoms with Crippen LogP contribution in [0.5, 0.6) is 0 Å². The minimum atomic E-state index is -1.06. The van der Waals surface area contributed by atoms with Gasteiger partial charge in [-0.1, -0.05) is 29.8 Å². The summed E-state index contributed by atoms with van der Waals surface area (Å²) < 4.78 is 16.0. The predicted octanol–water partition coefficient (Wildman–Crippen LogP) is 3.81. The minimum Gasteiger partial charge on any atom is -0.449 e. The van der Waals surface area contributed by atoms with E-state index in [9.17, 15) is 9.59 Å². The van der Waals surface area contributed by atoms with Crippen molar-refractivity contribution >= 4 is 40.3 Å². The quantitative estimate of drug-likeness (QED) is 0.646. The van der Waals surface area contributed by atoms with E-state index in [4.69, 9.17) is 25.5 Å². The van der Waals surface area contributed by atoms with Gasteiger partial charge >= 0.3 is 5.97 Å². The molecule has 0 aliphatic rings. The molecule has 0 aliphatic heterocycles. The molecule has 1 N–H and O–H groups in total. The molecule has 2 heterocycles. The molecule has 1 amide bonds. The van der Waals surface area contributed by atoms with Crippen LogP contribution in [0.15, 0.2) is 47.0 Å². The van der Waals surface area contributed by atoms with Gasteiger partial charge in [0.05, 0.1) is 11.6 Å². The third kappa shape index (κ3) is 4.27. The molecule has 8 heteroatoms. The second-order valence-electron chi connectivity index (χ2n) is 5.74. The minimum absolute atomic E-state index is 0.0160. The highest BCUT2D eigenvalue weighted by Crippen LogP contribution is 2.27. The highest BCUT2D eigenvalue weighted by Gasteiger charge is 2.26. The van der Waals surface area contributed by atoms with Crippen LogP contribution in [0.1, 0.15) is 23.0 Å². The van der Waals surface area contributed by atoms with E-state index >= 15 is 0 Å². The van der Waals surface area contributed by atoms with Crippen LogP contribution in [0.2, 0.25) is 5.02 Å². The number of ether oxygens (including phenoxy) is 2. The summed E-state index contributed by atoms with van der Waals surface area (Å²) in [5.74, 6) is -0.953. The number of halogens is 1. The van der Waals surface area contributed by atoms with Crippen molar-refractivity contribution in [3.63, 3.8) is 0 Å². The van der Waals surface area contributed by atoms with Gasteiger partial charge in [0.2, 0.25) is 5.76 Å². The number of amides is 1. The zero-order valence-corrected chi connectivity index (χ0v) is 15.4. The number of esters is 1. The van der Waals surface area contributed by atoms with Gasteiger partial charge in [-0.05, 0) is 25.1 Å². The highest BCUT2D eigenvalue weighted by atomic mass is 35.5. The van der Waals surface area contributed by atoms with Crippen LogP contribution in [0.3, 0.4) is 0 Å². The molecule has 0 saturated heterocycles. The van der Waals surface area contributed by atoms with Crippen molar-refractivity contribution in [2.24, 2.45) is 0 Å². The van der Waals surface area contributed by atoms with E-state index in [0.717, 1.165) is 5.39 Å². The van der Waals surface area contributed by atoms with Crippen LogP contribution in [0, 0.1) is 0 Å². The van der Waals surface area contributed by atoms with Gasteiger partial charge in [0.25, 0.3) is 5.91 Å². The second kappa shape index (κ2) is 8.20. The molecule has 1 atom stereocenters. The Morgan fingerprint density at radius 1 is 1.26 bits per heavy atom. The van der Waals surface area contributed by atoms with Crippen LogP contribution in [0.4, 0.5) is 5.82 Å². The average Bonchev–Trinajstić information content (AvgIpc) is 3.03. The third-order valence-corrected chi connectivity index (χ3v) is 4.03. The van der Waals surface area contributed by atoms with Crippen LogP contribution in [-0.2, 0) is 20.9 Å². The molecule has 27 heavy (non-hydrogen) atoms. The number of fused-ring (bicyclic) bond motifs is 1. The molecule has 3 rings (SSSR count). The molecule has 0 spiro atoms. The Kier molecular flexibility index (Phi) is 5.73. The highest BCUT2D eigenvalue weighted by molar-refractivity contribution is 6.30. The largest absolute Gasteiger partial charge is 0.449 e. The summed E-state index contributed by atoms with van der Waals surface area (Å²) in [5.41, 5.74) is 1.11. The van der Waals surface area contributed by atoms with Crippen LogP contribution in [-0.4, -0.2) is 30.1 Å². The maximum Gasteiger partial charge on any atom is 0.375 e. The van der Waals surface area contributed by atoms with E-state index in [1.54, 1.807) is 24.3 Å². The lowest BCUT2D eigenvalue weighted by atomic mass is 10.1. The summed E-state index contributed by atoms with van der Waals surface area (Å²) in [6.45, 7) is 1.64. The summed E-state index contributed by atoms with van der Waals surface area (Å²) in [7, 11) is 1.52. The number of furan rings is 1. The van der Waals surface area contributed by atoms with E-state index in [-0.39, 0.29) is 12.4 Å². The normalized spacial score (nSPS) is 12.0. The van der Waals surface area contributed by atoms with Gasteiger partial charge in [0.15, 0.2) is 6.10 Å². The number of nitrogens with one attached hydrogen (secondary N) is 1. The van der Waals surface area contributed by atoms with E-state index in [0.29, 0.717) is 22.0 Å². The zero-order valence-electron chi connectivity index (χ0n) is 14.7. The molecule has 0 bridgehead atoms. The number of carbonyl (C=O) groups excluding carboxylic acids is 2. The van der Waals surface area contributed by atoms with E-state index < -0.39 is 18.0 Å². The van der Waals surface area contributed by atoms with Crippen molar-refractivity contribution in [2.45, 2.75) is 19.6 Å². The first-order valence-corrected chi connectivity index (χ1v) is 8.50. The van der Waals surface area contributed by atoms with Gasteiger partial charge in [-0.3, -0.25) is 4.79 Å². The van der Waals surface area contributed by atoms with Crippen molar-refractivity contribution in [1.29, 1.82) is 0 Å². The Balaban J connectivity index is 1.74. The molecule has 1 aromatic carbocycles. The number of anilines is 1. The first kappa shape index (κ1) is 18.9. The number of aromatic nitrogens is 1. The number of nitrogens with zero attached hydrogens (tertiary/aromatic N) is 1. The number of carbonyl (C=O) groups is 2. The Morgan fingerprint density at radius 2 is 2.04 bits per heavy atom. The first-order chi connectivity index (χ1) is 13.0. The summed E-state index contributed by atoms with van der Waals surface area (Å²) in [5, 5.41) is 3.76. The van der Waals surface area contributed by atoms with Crippen LogP contribution < -0.4 is 5.32 Å². The van der Waals surface area contributed by atoms with Gasteiger partial charge in [0, 0.05) is 24.3 Å². The standard InChI is InChI=1S/C19H17ClN2O5/c1-11(18(23)22-16-8-7-12(20)9-21-16)26-19(24)17-14(10-25-2)13-5-3-4-6-15(13)27-17/h3-9,11H,10H2,1-2H3,(H,21,22,23)/t11-/m1/s1. The maximum absolute atomic E-state index is 12.5. The number of rotatable bonds is 6. The van der Waals surface area contributed by atoms with Crippen molar-refractivity contribution in [1.82, 2.24) is 4.98 Å². The lowest BCUT2D eigenvalue weighted by molar-refractivity contribution is -0.123. The average molecular weight is 389 g/mol. The Labute approximate surface area is 160 Å². The second-order valence-corrected chi connectivity index (χ2v) is 6.17. The number of pyridine rings is 1. The summed E-state index contributed by atoms with van der Waals surface area (Å²) in [6.07, 6.45) is 0.345. The molecule has 0 fully saturated rings. The molecule has 7 nitrogen and oxygen atoms in total. The molecule has 0 aliphatic carbocycles. The lowest BCUT2D eigenvalue weighted by Gasteiger charge is -2.12. The number of hydrogen-bond acceptors (Lipinski definition) is 6. The SMILES string of the molecule is COCc1c(C(=O)O[C@H](C)C(=O)Nc2ccc(Cl)cn2)oc2ccccc12. The van der Waals surface area contributed by atoms with E-state index in [1.807, 2.05) is 12.1 Å². The number of benzene rings is 1. The first-order valence-electron chi connectivity index (χ1n) is 8.12. The smallest absolute Gasteiger partial charge is 0.375 e. The van der Waals surface area contributed by atoms with Gasteiger partial charge in [-0.25, -0.2) is 9.78 Å². The van der Waals surface area contributed by atoms with E-state index in [2.05, 4.69) is 10.3 Å². The molecule has 3 aromatic rings.